The molecule has 2 aromatic rings. The molecule has 7 heteroatoms. The fraction of sp³-hybridized carbons (Fsp3) is 0.524. The summed E-state index contributed by atoms with van der Waals surface area (Å²) in [5.74, 6) is 1.15. The predicted molar refractivity (Wildman–Crippen MR) is 106 cm³/mol. The summed E-state index contributed by atoms with van der Waals surface area (Å²) < 4.78 is 0. The number of aryl methyl sites for hydroxylation is 1. The van der Waals surface area contributed by atoms with Crippen molar-refractivity contribution in [3.8, 4) is 0 Å². The summed E-state index contributed by atoms with van der Waals surface area (Å²) in [7, 11) is 0. The van der Waals surface area contributed by atoms with Crippen LogP contribution in [-0.4, -0.2) is 45.7 Å². The van der Waals surface area contributed by atoms with Gasteiger partial charge in [0.1, 0.15) is 0 Å². The van der Waals surface area contributed by atoms with Crippen LogP contribution < -0.4 is 10.2 Å². The van der Waals surface area contributed by atoms with Crippen molar-refractivity contribution >= 4 is 11.9 Å². The molecule has 28 heavy (non-hydrogen) atoms. The van der Waals surface area contributed by atoms with Gasteiger partial charge in [-0.2, -0.15) is 0 Å². The maximum absolute atomic E-state index is 12.4. The molecular weight excluding hydrogens is 354 g/mol. The first-order chi connectivity index (χ1) is 13.7. The summed E-state index contributed by atoms with van der Waals surface area (Å²) in [6.45, 7) is 2.03. The van der Waals surface area contributed by atoms with Gasteiger partial charge in [-0.3, -0.25) is 9.78 Å². The Hall–Kier alpha value is -2.54. The minimum atomic E-state index is -0.0332. The average molecular weight is 381 g/mol. The SMILES string of the molecule is O=C(Cc1ccccn1)NC1CCCc2nc(N3CCC(CO)CC3)ncc21. The Bertz CT molecular complexity index is 806. The highest BCUT2D eigenvalue weighted by Crippen LogP contribution is 2.30. The molecule has 2 aromatic heterocycles. The summed E-state index contributed by atoms with van der Waals surface area (Å²) in [4.78, 5) is 28.3. The second-order valence-corrected chi connectivity index (χ2v) is 7.70. The average Bonchev–Trinajstić information content (AvgIpc) is 2.74. The zero-order valence-corrected chi connectivity index (χ0v) is 16.0. The van der Waals surface area contributed by atoms with E-state index in [0.717, 1.165) is 68.1 Å². The molecule has 1 fully saturated rings. The number of rotatable bonds is 5. The van der Waals surface area contributed by atoms with E-state index >= 15 is 0 Å². The fourth-order valence-electron chi connectivity index (χ4n) is 4.07. The Labute approximate surface area is 165 Å². The van der Waals surface area contributed by atoms with E-state index in [4.69, 9.17) is 4.98 Å². The molecular formula is C21H27N5O2. The third kappa shape index (κ3) is 4.30. The maximum Gasteiger partial charge on any atom is 0.226 e. The molecule has 1 aliphatic carbocycles. The molecule has 0 aromatic carbocycles. The number of aliphatic hydroxyl groups is 1. The molecule has 148 valence electrons. The molecule has 2 aliphatic rings. The highest BCUT2D eigenvalue weighted by molar-refractivity contribution is 5.78. The third-order valence-electron chi connectivity index (χ3n) is 5.73. The number of pyridine rings is 1. The lowest BCUT2D eigenvalue weighted by Gasteiger charge is -2.32. The Morgan fingerprint density at radius 2 is 2.07 bits per heavy atom. The van der Waals surface area contributed by atoms with E-state index in [1.807, 2.05) is 24.4 Å². The topological polar surface area (TPSA) is 91.2 Å². The van der Waals surface area contributed by atoms with E-state index in [2.05, 4.69) is 20.2 Å². The number of aromatic nitrogens is 3. The van der Waals surface area contributed by atoms with Gasteiger partial charge in [0.05, 0.1) is 18.2 Å². The zero-order chi connectivity index (χ0) is 19.3. The van der Waals surface area contributed by atoms with Gasteiger partial charge < -0.3 is 15.3 Å². The molecule has 0 saturated carbocycles. The molecule has 1 unspecified atom stereocenters. The number of anilines is 1. The predicted octanol–water partition coefficient (Wildman–Crippen LogP) is 1.82. The van der Waals surface area contributed by atoms with Gasteiger partial charge in [0.2, 0.25) is 11.9 Å². The van der Waals surface area contributed by atoms with Crippen molar-refractivity contribution in [2.75, 3.05) is 24.6 Å². The number of fused-ring (bicyclic) bond motifs is 1. The minimum absolute atomic E-state index is 0.0216. The zero-order valence-electron chi connectivity index (χ0n) is 16.0. The van der Waals surface area contributed by atoms with Crippen LogP contribution in [0.1, 0.15) is 48.7 Å². The third-order valence-corrected chi connectivity index (χ3v) is 5.73. The van der Waals surface area contributed by atoms with Crippen LogP contribution in [0.25, 0.3) is 0 Å². The van der Waals surface area contributed by atoms with Crippen molar-refractivity contribution in [2.45, 2.75) is 44.6 Å². The van der Waals surface area contributed by atoms with Crippen LogP contribution in [0.2, 0.25) is 0 Å². The molecule has 2 N–H and O–H groups in total. The quantitative estimate of drug-likeness (QED) is 0.821. The number of hydrogen-bond donors (Lipinski definition) is 2. The van der Waals surface area contributed by atoms with Crippen LogP contribution in [0.3, 0.4) is 0 Å². The summed E-state index contributed by atoms with van der Waals surface area (Å²) in [5, 5.41) is 12.4. The van der Waals surface area contributed by atoms with Gasteiger partial charge in [-0.05, 0) is 50.2 Å². The largest absolute Gasteiger partial charge is 0.396 e. The van der Waals surface area contributed by atoms with Crippen LogP contribution in [-0.2, 0) is 17.6 Å². The van der Waals surface area contributed by atoms with Crippen molar-refractivity contribution in [2.24, 2.45) is 5.92 Å². The van der Waals surface area contributed by atoms with Crippen LogP contribution in [0, 0.1) is 5.92 Å². The molecule has 7 nitrogen and oxygen atoms in total. The number of hydrogen-bond acceptors (Lipinski definition) is 6. The summed E-state index contributed by atoms with van der Waals surface area (Å²) in [5.41, 5.74) is 2.85. The number of piperidine rings is 1. The number of carbonyl (C=O) groups is 1. The summed E-state index contributed by atoms with van der Waals surface area (Å²) in [6.07, 6.45) is 8.66. The van der Waals surface area contributed by atoms with E-state index in [-0.39, 0.29) is 25.0 Å². The Morgan fingerprint density at radius 1 is 1.21 bits per heavy atom. The Kier molecular flexibility index (Phi) is 5.81. The number of nitrogens with one attached hydrogen (secondary N) is 1. The monoisotopic (exact) mass is 381 g/mol. The van der Waals surface area contributed by atoms with Gasteiger partial charge in [-0.1, -0.05) is 6.07 Å². The van der Waals surface area contributed by atoms with Crippen molar-refractivity contribution in [1.82, 2.24) is 20.3 Å². The molecule has 4 rings (SSSR count). The smallest absolute Gasteiger partial charge is 0.226 e. The van der Waals surface area contributed by atoms with Crippen LogP contribution in [0.4, 0.5) is 5.95 Å². The van der Waals surface area contributed by atoms with Gasteiger partial charge in [0.15, 0.2) is 0 Å². The standard InChI is InChI=1S/C21H27N5O2/c27-14-15-7-10-26(11-8-15)21-23-13-17-18(5-3-6-19(17)25-21)24-20(28)12-16-4-1-2-9-22-16/h1-2,4,9,13,15,18,27H,3,5-8,10-12,14H2,(H,24,28). The lowest BCUT2D eigenvalue weighted by molar-refractivity contribution is -0.121. The number of nitrogens with zero attached hydrogens (tertiary/aromatic N) is 4. The maximum atomic E-state index is 12.4. The van der Waals surface area contributed by atoms with Crippen LogP contribution in [0.15, 0.2) is 30.6 Å². The first-order valence-electron chi connectivity index (χ1n) is 10.1. The van der Waals surface area contributed by atoms with E-state index in [0.29, 0.717) is 5.92 Å². The van der Waals surface area contributed by atoms with E-state index in [1.54, 1.807) is 6.20 Å². The molecule has 1 atom stereocenters. The first kappa shape index (κ1) is 18.8. The van der Waals surface area contributed by atoms with Gasteiger partial charge in [0.25, 0.3) is 0 Å². The Morgan fingerprint density at radius 3 is 2.82 bits per heavy atom. The van der Waals surface area contributed by atoms with E-state index in [1.165, 1.54) is 0 Å². The van der Waals surface area contributed by atoms with Crippen LogP contribution in [0.5, 0.6) is 0 Å². The first-order valence-corrected chi connectivity index (χ1v) is 10.1. The highest BCUT2D eigenvalue weighted by Gasteiger charge is 2.26. The molecule has 0 radical (unpaired) electrons. The number of carbonyl (C=O) groups excluding carboxylic acids is 1. The van der Waals surface area contributed by atoms with Crippen molar-refractivity contribution in [3.63, 3.8) is 0 Å². The van der Waals surface area contributed by atoms with Crippen molar-refractivity contribution in [3.05, 3.63) is 47.5 Å². The van der Waals surface area contributed by atoms with Crippen molar-refractivity contribution < 1.29 is 9.90 Å². The van der Waals surface area contributed by atoms with Gasteiger partial charge >= 0.3 is 0 Å². The number of amides is 1. The van der Waals surface area contributed by atoms with Crippen molar-refractivity contribution in [1.29, 1.82) is 0 Å². The van der Waals surface area contributed by atoms with Gasteiger partial charge in [-0.25, -0.2) is 9.97 Å². The number of aliphatic hydroxyl groups excluding tert-OH is 1. The molecule has 1 amide bonds. The lowest BCUT2D eigenvalue weighted by Crippen LogP contribution is -2.37. The van der Waals surface area contributed by atoms with E-state index in [9.17, 15) is 9.90 Å². The van der Waals surface area contributed by atoms with E-state index < -0.39 is 0 Å². The molecule has 3 heterocycles. The molecule has 0 spiro atoms. The second-order valence-electron chi connectivity index (χ2n) is 7.70. The van der Waals surface area contributed by atoms with Gasteiger partial charge in [-0.15, -0.1) is 0 Å². The lowest BCUT2D eigenvalue weighted by atomic mass is 9.92. The highest BCUT2D eigenvalue weighted by atomic mass is 16.3. The second kappa shape index (κ2) is 8.65. The summed E-state index contributed by atoms with van der Waals surface area (Å²) >= 11 is 0. The Balaban J connectivity index is 1.42. The molecule has 1 saturated heterocycles. The molecule has 0 bridgehead atoms. The normalized spacial score (nSPS) is 19.9. The fourth-order valence-corrected chi connectivity index (χ4v) is 4.07. The van der Waals surface area contributed by atoms with Gasteiger partial charge in [0, 0.05) is 43.3 Å². The summed E-state index contributed by atoms with van der Waals surface area (Å²) in [6, 6.07) is 5.57. The minimum Gasteiger partial charge on any atom is -0.396 e. The molecule has 1 aliphatic heterocycles. The van der Waals surface area contributed by atoms with Crippen LogP contribution >= 0.6 is 0 Å².